The number of carbonyl (C=O) groups excluding carboxylic acids is 1. The van der Waals surface area contributed by atoms with E-state index in [0.717, 1.165) is 59.6 Å². The Morgan fingerprint density at radius 2 is 1.93 bits per heavy atom. The van der Waals surface area contributed by atoms with Crippen molar-refractivity contribution < 1.29 is 4.79 Å². The van der Waals surface area contributed by atoms with E-state index in [1.165, 1.54) is 16.9 Å². The summed E-state index contributed by atoms with van der Waals surface area (Å²) in [5, 5.41) is 3.00. The summed E-state index contributed by atoms with van der Waals surface area (Å²) in [4.78, 5) is 24.1. The Hall–Kier alpha value is -2.02. The largest absolute Gasteiger partial charge is 0.337 e. The first-order chi connectivity index (χ1) is 13.2. The lowest BCUT2D eigenvalue weighted by Gasteiger charge is -2.21. The lowest BCUT2D eigenvalue weighted by atomic mass is 10.2. The first-order valence-electron chi connectivity index (χ1n) is 9.27. The second-order valence-electron chi connectivity index (χ2n) is 6.82. The predicted molar refractivity (Wildman–Crippen MR) is 112 cm³/mol. The van der Waals surface area contributed by atoms with Gasteiger partial charge in [-0.2, -0.15) is 0 Å². The number of hydrogen-bond donors (Lipinski definition) is 0. The van der Waals surface area contributed by atoms with Crippen LogP contribution in [-0.4, -0.2) is 46.9 Å². The second-order valence-corrected chi connectivity index (χ2v) is 8.77. The zero-order chi connectivity index (χ0) is 18.6. The number of thiazole rings is 1. The molecule has 140 valence electrons. The van der Waals surface area contributed by atoms with Crippen LogP contribution in [0, 0.1) is 6.92 Å². The molecule has 4 nitrogen and oxygen atoms in total. The number of aryl methyl sites for hydroxylation is 1. The molecule has 0 saturated carbocycles. The average Bonchev–Trinajstić information content (AvgIpc) is 3.28. The van der Waals surface area contributed by atoms with E-state index >= 15 is 0 Å². The minimum absolute atomic E-state index is 0.134. The number of carbonyl (C=O) groups is 1. The Balaban J connectivity index is 1.42. The van der Waals surface area contributed by atoms with Crippen LogP contribution in [0.2, 0.25) is 0 Å². The molecule has 1 amide bonds. The third-order valence-corrected chi connectivity index (χ3v) is 7.03. The van der Waals surface area contributed by atoms with Crippen molar-refractivity contribution >= 4 is 28.6 Å². The molecule has 0 N–H and O–H groups in total. The van der Waals surface area contributed by atoms with E-state index in [1.54, 1.807) is 11.3 Å². The van der Waals surface area contributed by atoms with Gasteiger partial charge in [-0.1, -0.05) is 36.4 Å². The fourth-order valence-corrected chi connectivity index (χ4v) is 5.25. The monoisotopic (exact) mass is 397 g/mol. The van der Waals surface area contributed by atoms with Gasteiger partial charge in [-0.3, -0.25) is 9.69 Å². The predicted octanol–water partition coefficient (Wildman–Crippen LogP) is 4.53. The highest BCUT2D eigenvalue weighted by Gasteiger charge is 2.24. The molecule has 0 aliphatic carbocycles. The van der Waals surface area contributed by atoms with Crippen LogP contribution in [0.15, 0.2) is 47.8 Å². The molecule has 27 heavy (non-hydrogen) atoms. The van der Waals surface area contributed by atoms with Crippen molar-refractivity contribution in [3.05, 3.63) is 64.0 Å². The van der Waals surface area contributed by atoms with Crippen LogP contribution in [0.1, 0.15) is 27.3 Å². The molecule has 1 saturated heterocycles. The summed E-state index contributed by atoms with van der Waals surface area (Å²) in [6, 6.07) is 14.6. The molecule has 1 aliphatic heterocycles. The van der Waals surface area contributed by atoms with Gasteiger partial charge in [0.05, 0.1) is 10.6 Å². The highest BCUT2D eigenvalue weighted by molar-refractivity contribution is 7.22. The van der Waals surface area contributed by atoms with E-state index in [1.807, 2.05) is 29.3 Å². The summed E-state index contributed by atoms with van der Waals surface area (Å²) in [5.41, 5.74) is 2.18. The zero-order valence-electron chi connectivity index (χ0n) is 15.4. The van der Waals surface area contributed by atoms with E-state index in [4.69, 9.17) is 0 Å². The number of nitrogens with zero attached hydrogens (tertiary/aromatic N) is 3. The van der Waals surface area contributed by atoms with Crippen LogP contribution in [0.4, 0.5) is 0 Å². The summed E-state index contributed by atoms with van der Waals surface area (Å²) in [6.07, 6.45) is 1.01. The Kier molecular flexibility index (Phi) is 5.66. The molecule has 0 spiro atoms. The van der Waals surface area contributed by atoms with Gasteiger partial charge in [0.2, 0.25) is 0 Å². The molecule has 3 heterocycles. The van der Waals surface area contributed by atoms with Crippen LogP contribution >= 0.6 is 22.7 Å². The molecule has 1 fully saturated rings. The normalized spacial score (nSPS) is 15.7. The third kappa shape index (κ3) is 4.29. The van der Waals surface area contributed by atoms with E-state index < -0.39 is 0 Å². The number of benzene rings is 1. The summed E-state index contributed by atoms with van der Waals surface area (Å²) < 4.78 is 0. The fourth-order valence-electron chi connectivity index (χ4n) is 3.42. The van der Waals surface area contributed by atoms with Crippen molar-refractivity contribution in [3.8, 4) is 9.88 Å². The molecule has 0 radical (unpaired) electrons. The van der Waals surface area contributed by atoms with E-state index in [2.05, 4.69) is 40.2 Å². The van der Waals surface area contributed by atoms with Crippen molar-refractivity contribution in [2.75, 3.05) is 26.2 Å². The van der Waals surface area contributed by atoms with E-state index in [0.29, 0.717) is 0 Å². The number of thiophene rings is 1. The summed E-state index contributed by atoms with van der Waals surface area (Å²) in [7, 11) is 0. The van der Waals surface area contributed by atoms with Crippen molar-refractivity contribution in [2.45, 2.75) is 19.9 Å². The smallest absolute Gasteiger partial charge is 0.265 e. The van der Waals surface area contributed by atoms with Crippen LogP contribution < -0.4 is 0 Å². The van der Waals surface area contributed by atoms with Crippen LogP contribution in [0.25, 0.3) is 9.88 Å². The summed E-state index contributed by atoms with van der Waals surface area (Å²) in [5.74, 6) is 0.134. The quantitative estimate of drug-likeness (QED) is 0.649. The lowest BCUT2D eigenvalue weighted by Crippen LogP contribution is -2.35. The van der Waals surface area contributed by atoms with Gasteiger partial charge in [0.1, 0.15) is 9.88 Å². The van der Waals surface area contributed by atoms with Crippen molar-refractivity contribution in [1.82, 2.24) is 14.8 Å². The van der Waals surface area contributed by atoms with Crippen LogP contribution in [0.3, 0.4) is 0 Å². The van der Waals surface area contributed by atoms with Gasteiger partial charge in [0.15, 0.2) is 0 Å². The molecule has 0 bridgehead atoms. The summed E-state index contributed by atoms with van der Waals surface area (Å²) >= 11 is 3.19. The zero-order valence-corrected chi connectivity index (χ0v) is 17.1. The van der Waals surface area contributed by atoms with Gasteiger partial charge in [-0.15, -0.1) is 22.7 Å². The molecule has 1 aromatic carbocycles. The lowest BCUT2D eigenvalue weighted by molar-refractivity contribution is 0.0765. The highest BCUT2D eigenvalue weighted by Crippen LogP contribution is 2.31. The minimum atomic E-state index is 0.134. The Labute approximate surface area is 168 Å². The number of hydrogen-bond acceptors (Lipinski definition) is 5. The van der Waals surface area contributed by atoms with Crippen molar-refractivity contribution in [3.63, 3.8) is 0 Å². The molecule has 6 heteroatoms. The van der Waals surface area contributed by atoms with Crippen molar-refractivity contribution in [2.24, 2.45) is 0 Å². The molecule has 0 unspecified atom stereocenters. The van der Waals surface area contributed by atoms with Gasteiger partial charge in [0.25, 0.3) is 5.91 Å². The molecular formula is C21H23N3OS2. The first-order valence-corrected chi connectivity index (χ1v) is 11.0. The molecule has 2 aromatic heterocycles. The topological polar surface area (TPSA) is 36.4 Å². The van der Waals surface area contributed by atoms with Crippen LogP contribution in [0.5, 0.6) is 0 Å². The third-order valence-electron chi connectivity index (χ3n) is 4.85. The maximum absolute atomic E-state index is 13.1. The number of aromatic nitrogens is 1. The SMILES string of the molecule is Cc1nc(-c2cccs2)sc1C(=O)N1CCCN(Cc2ccccc2)CC1. The van der Waals surface area contributed by atoms with Gasteiger partial charge >= 0.3 is 0 Å². The van der Waals surface area contributed by atoms with Crippen LogP contribution in [-0.2, 0) is 6.54 Å². The number of amides is 1. The Morgan fingerprint density at radius 3 is 2.70 bits per heavy atom. The molecule has 4 rings (SSSR count). The van der Waals surface area contributed by atoms with Gasteiger partial charge in [-0.05, 0) is 30.4 Å². The molecule has 0 atom stereocenters. The first kappa shape index (κ1) is 18.3. The fraction of sp³-hybridized carbons (Fsp3) is 0.333. The molecule has 1 aliphatic rings. The van der Waals surface area contributed by atoms with E-state index in [9.17, 15) is 4.79 Å². The maximum Gasteiger partial charge on any atom is 0.265 e. The average molecular weight is 398 g/mol. The van der Waals surface area contributed by atoms with Crippen molar-refractivity contribution in [1.29, 1.82) is 0 Å². The maximum atomic E-state index is 13.1. The van der Waals surface area contributed by atoms with Gasteiger partial charge in [0, 0.05) is 32.7 Å². The summed E-state index contributed by atoms with van der Waals surface area (Å²) in [6.45, 7) is 6.43. The molecular weight excluding hydrogens is 374 g/mol. The second kappa shape index (κ2) is 8.33. The van der Waals surface area contributed by atoms with Gasteiger partial charge < -0.3 is 4.90 Å². The Bertz CT molecular complexity index is 890. The van der Waals surface area contributed by atoms with E-state index in [-0.39, 0.29) is 5.91 Å². The standard InChI is InChI=1S/C21H23N3OS2/c1-16-19(27-20(22-16)18-9-5-14-26-18)21(25)24-11-6-10-23(12-13-24)15-17-7-3-2-4-8-17/h2-5,7-9,14H,6,10-13,15H2,1H3. The molecule has 3 aromatic rings. The Morgan fingerprint density at radius 1 is 1.07 bits per heavy atom. The van der Waals surface area contributed by atoms with Gasteiger partial charge in [-0.25, -0.2) is 4.98 Å². The number of rotatable bonds is 4. The minimum Gasteiger partial charge on any atom is -0.337 e. The highest BCUT2D eigenvalue weighted by atomic mass is 32.1.